The summed E-state index contributed by atoms with van der Waals surface area (Å²) < 4.78 is 42.6. The first-order chi connectivity index (χ1) is 10.8. The Labute approximate surface area is 131 Å². The smallest absolute Gasteiger partial charge is 0.471 e. The molecule has 0 aliphatic carbocycles. The minimum atomic E-state index is -4.96. The van der Waals surface area contributed by atoms with Crippen LogP contribution in [-0.2, 0) is 16.1 Å². The van der Waals surface area contributed by atoms with Gasteiger partial charge in [-0.3, -0.25) is 9.59 Å². The SMILES string of the molecule is COc1ccc(CNC(=O)C2CCCN2C(=O)C(F)(F)F)cc1. The highest BCUT2D eigenvalue weighted by Gasteiger charge is 2.47. The Morgan fingerprint density at radius 3 is 2.52 bits per heavy atom. The fourth-order valence-electron chi connectivity index (χ4n) is 2.50. The lowest BCUT2D eigenvalue weighted by Gasteiger charge is -2.24. The third-order valence-corrected chi connectivity index (χ3v) is 3.68. The van der Waals surface area contributed by atoms with Crippen molar-refractivity contribution in [2.24, 2.45) is 0 Å². The Bertz CT molecular complexity index is 572. The summed E-state index contributed by atoms with van der Waals surface area (Å²) in [7, 11) is 1.53. The highest BCUT2D eigenvalue weighted by Crippen LogP contribution is 2.25. The molecule has 0 bridgehead atoms. The van der Waals surface area contributed by atoms with E-state index in [-0.39, 0.29) is 19.5 Å². The van der Waals surface area contributed by atoms with Crippen molar-refractivity contribution in [3.05, 3.63) is 29.8 Å². The summed E-state index contributed by atoms with van der Waals surface area (Å²) in [6.45, 7) is 0.117. The van der Waals surface area contributed by atoms with E-state index in [1.54, 1.807) is 24.3 Å². The molecule has 1 fully saturated rings. The first-order valence-corrected chi connectivity index (χ1v) is 7.11. The van der Waals surface area contributed by atoms with Gasteiger partial charge in [0.05, 0.1) is 7.11 Å². The highest BCUT2D eigenvalue weighted by molar-refractivity contribution is 5.90. The van der Waals surface area contributed by atoms with Gasteiger partial charge in [0, 0.05) is 13.1 Å². The second-order valence-corrected chi connectivity index (χ2v) is 5.22. The summed E-state index contributed by atoms with van der Waals surface area (Å²) in [5, 5.41) is 2.57. The number of nitrogens with zero attached hydrogens (tertiary/aromatic N) is 1. The van der Waals surface area contributed by atoms with E-state index in [0.29, 0.717) is 17.1 Å². The third-order valence-electron chi connectivity index (χ3n) is 3.68. The molecule has 1 N–H and O–H groups in total. The van der Waals surface area contributed by atoms with E-state index in [2.05, 4.69) is 5.32 Å². The fraction of sp³-hybridized carbons (Fsp3) is 0.467. The van der Waals surface area contributed by atoms with Crippen LogP contribution in [0.1, 0.15) is 18.4 Å². The molecule has 0 saturated carbocycles. The summed E-state index contributed by atoms with van der Waals surface area (Å²) in [5.41, 5.74) is 0.783. The summed E-state index contributed by atoms with van der Waals surface area (Å²) in [6, 6.07) is 5.86. The van der Waals surface area contributed by atoms with Crippen LogP contribution in [0.3, 0.4) is 0 Å². The van der Waals surface area contributed by atoms with E-state index in [1.807, 2.05) is 0 Å². The van der Waals surface area contributed by atoms with Crippen molar-refractivity contribution in [2.75, 3.05) is 13.7 Å². The Morgan fingerprint density at radius 1 is 1.30 bits per heavy atom. The van der Waals surface area contributed by atoms with Gasteiger partial charge in [-0.1, -0.05) is 12.1 Å². The molecule has 2 rings (SSSR count). The van der Waals surface area contributed by atoms with Gasteiger partial charge in [0.2, 0.25) is 5.91 Å². The average Bonchev–Trinajstić information content (AvgIpc) is 3.00. The van der Waals surface area contributed by atoms with E-state index in [1.165, 1.54) is 7.11 Å². The molecule has 1 atom stereocenters. The number of amides is 2. The van der Waals surface area contributed by atoms with Gasteiger partial charge in [-0.25, -0.2) is 0 Å². The molecule has 2 amide bonds. The Morgan fingerprint density at radius 2 is 1.96 bits per heavy atom. The number of ether oxygens (including phenoxy) is 1. The minimum absolute atomic E-state index is 0.0566. The van der Waals surface area contributed by atoms with E-state index < -0.39 is 24.0 Å². The molecule has 5 nitrogen and oxygen atoms in total. The van der Waals surface area contributed by atoms with Crippen molar-refractivity contribution >= 4 is 11.8 Å². The van der Waals surface area contributed by atoms with Crippen LogP contribution in [-0.4, -0.2) is 42.6 Å². The predicted molar refractivity (Wildman–Crippen MR) is 75.6 cm³/mol. The Hall–Kier alpha value is -2.25. The van der Waals surface area contributed by atoms with E-state index in [9.17, 15) is 22.8 Å². The summed E-state index contributed by atoms with van der Waals surface area (Å²) in [6.07, 6.45) is -4.35. The molecule has 0 radical (unpaired) electrons. The normalized spacial score (nSPS) is 17.9. The molecule has 1 aliphatic heterocycles. The van der Waals surface area contributed by atoms with Crippen LogP contribution < -0.4 is 10.1 Å². The third kappa shape index (κ3) is 4.14. The zero-order valence-corrected chi connectivity index (χ0v) is 12.5. The molecule has 1 aromatic rings. The number of likely N-dealkylation sites (tertiary alicyclic amines) is 1. The maximum atomic E-state index is 12.5. The Kier molecular flexibility index (Phi) is 5.12. The zero-order valence-electron chi connectivity index (χ0n) is 12.5. The Balaban J connectivity index is 1.95. The monoisotopic (exact) mass is 330 g/mol. The number of carbonyl (C=O) groups excluding carboxylic acids is 2. The topological polar surface area (TPSA) is 58.6 Å². The number of hydrogen-bond donors (Lipinski definition) is 1. The number of carbonyl (C=O) groups is 2. The van der Waals surface area contributed by atoms with Gasteiger partial charge >= 0.3 is 12.1 Å². The summed E-state index contributed by atoms with van der Waals surface area (Å²) in [4.78, 5) is 24.0. The van der Waals surface area contributed by atoms with Gasteiger partial charge in [-0.2, -0.15) is 13.2 Å². The summed E-state index contributed by atoms with van der Waals surface area (Å²) >= 11 is 0. The van der Waals surface area contributed by atoms with Crippen LogP contribution in [0.15, 0.2) is 24.3 Å². The zero-order chi connectivity index (χ0) is 17.0. The van der Waals surface area contributed by atoms with Crippen LogP contribution in [0, 0.1) is 0 Å². The van der Waals surface area contributed by atoms with Crippen molar-refractivity contribution < 1.29 is 27.5 Å². The number of halogens is 3. The first-order valence-electron chi connectivity index (χ1n) is 7.11. The molecular weight excluding hydrogens is 313 g/mol. The number of hydrogen-bond acceptors (Lipinski definition) is 3. The van der Waals surface area contributed by atoms with Crippen LogP contribution in [0.4, 0.5) is 13.2 Å². The lowest BCUT2D eigenvalue weighted by Crippen LogP contribution is -2.50. The summed E-state index contributed by atoms with van der Waals surface area (Å²) in [5.74, 6) is -1.87. The number of benzene rings is 1. The fourth-order valence-corrected chi connectivity index (χ4v) is 2.50. The minimum Gasteiger partial charge on any atom is -0.497 e. The standard InChI is InChI=1S/C15H17F3N2O3/c1-23-11-6-4-10(5-7-11)9-19-13(21)12-3-2-8-20(12)14(22)15(16,17)18/h4-7,12H,2-3,8-9H2,1H3,(H,19,21). The van der Waals surface area contributed by atoms with Gasteiger partial charge < -0.3 is 15.0 Å². The molecular formula is C15H17F3N2O3. The van der Waals surface area contributed by atoms with E-state index in [0.717, 1.165) is 5.56 Å². The molecule has 1 aromatic carbocycles. The lowest BCUT2D eigenvalue weighted by molar-refractivity contribution is -0.186. The van der Waals surface area contributed by atoms with Gasteiger partial charge in [0.1, 0.15) is 11.8 Å². The van der Waals surface area contributed by atoms with Crippen molar-refractivity contribution in [1.29, 1.82) is 0 Å². The van der Waals surface area contributed by atoms with Crippen molar-refractivity contribution in [3.63, 3.8) is 0 Å². The number of nitrogens with one attached hydrogen (secondary N) is 1. The molecule has 126 valence electrons. The van der Waals surface area contributed by atoms with Crippen LogP contribution in [0.25, 0.3) is 0 Å². The number of methoxy groups -OCH3 is 1. The van der Waals surface area contributed by atoms with Gasteiger partial charge in [-0.05, 0) is 30.5 Å². The van der Waals surface area contributed by atoms with Crippen molar-refractivity contribution in [2.45, 2.75) is 31.6 Å². The van der Waals surface area contributed by atoms with E-state index in [4.69, 9.17) is 4.74 Å². The molecule has 1 aliphatic rings. The van der Waals surface area contributed by atoms with Crippen LogP contribution >= 0.6 is 0 Å². The lowest BCUT2D eigenvalue weighted by atomic mass is 10.2. The largest absolute Gasteiger partial charge is 0.497 e. The van der Waals surface area contributed by atoms with Gasteiger partial charge in [0.15, 0.2) is 0 Å². The number of alkyl halides is 3. The highest BCUT2D eigenvalue weighted by atomic mass is 19.4. The van der Waals surface area contributed by atoms with Crippen molar-refractivity contribution in [3.8, 4) is 5.75 Å². The predicted octanol–water partition coefficient (Wildman–Crippen LogP) is 1.86. The first kappa shape index (κ1) is 17.1. The molecule has 8 heteroatoms. The molecule has 0 aromatic heterocycles. The van der Waals surface area contributed by atoms with Crippen LogP contribution in [0.2, 0.25) is 0 Å². The molecule has 0 spiro atoms. The van der Waals surface area contributed by atoms with E-state index >= 15 is 0 Å². The molecule has 23 heavy (non-hydrogen) atoms. The van der Waals surface area contributed by atoms with Gasteiger partial charge in [-0.15, -0.1) is 0 Å². The quantitative estimate of drug-likeness (QED) is 0.917. The number of rotatable bonds is 4. The van der Waals surface area contributed by atoms with Gasteiger partial charge in [0.25, 0.3) is 0 Å². The maximum absolute atomic E-state index is 12.5. The maximum Gasteiger partial charge on any atom is 0.471 e. The second kappa shape index (κ2) is 6.89. The van der Waals surface area contributed by atoms with Crippen LogP contribution in [0.5, 0.6) is 5.75 Å². The van der Waals surface area contributed by atoms with Crippen molar-refractivity contribution in [1.82, 2.24) is 10.2 Å². The molecule has 1 heterocycles. The average molecular weight is 330 g/mol. The molecule has 1 unspecified atom stereocenters. The second-order valence-electron chi connectivity index (χ2n) is 5.22. The molecule has 1 saturated heterocycles.